The standard InChI is InChI=1S/C11H12Br2O3/c1-4-7(14)6-5-8(15-2)11(16-3)10(13)9(6)12/h5H,4H2,1-3H3. The fraction of sp³-hybridized carbons (Fsp3) is 0.364. The second kappa shape index (κ2) is 5.68. The van der Waals surface area contributed by atoms with Crippen molar-refractivity contribution < 1.29 is 14.3 Å². The van der Waals surface area contributed by atoms with E-state index >= 15 is 0 Å². The van der Waals surface area contributed by atoms with Crippen LogP contribution in [0.1, 0.15) is 23.7 Å². The molecule has 1 aromatic carbocycles. The van der Waals surface area contributed by atoms with E-state index in [2.05, 4.69) is 31.9 Å². The largest absolute Gasteiger partial charge is 0.493 e. The number of benzene rings is 1. The molecule has 0 N–H and O–H groups in total. The monoisotopic (exact) mass is 350 g/mol. The number of carbonyl (C=O) groups excluding carboxylic acids is 1. The van der Waals surface area contributed by atoms with E-state index in [1.807, 2.05) is 6.92 Å². The summed E-state index contributed by atoms with van der Waals surface area (Å²) in [5.74, 6) is 1.16. The second-order valence-corrected chi connectivity index (χ2v) is 4.65. The van der Waals surface area contributed by atoms with Crippen molar-refractivity contribution in [1.82, 2.24) is 0 Å². The molecular formula is C11H12Br2O3. The highest BCUT2D eigenvalue weighted by Crippen LogP contribution is 2.42. The quantitative estimate of drug-likeness (QED) is 0.773. The number of halogens is 2. The molecule has 1 aromatic rings. The maximum absolute atomic E-state index is 11.7. The van der Waals surface area contributed by atoms with E-state index < -0.39 is 0 Å². The summed E-state index contributed by atoms with van der Waals surface area (Å²) >= 11 is 6.75. The first-order valence-corrected chi connectivity index (χ1v) is 6.28. The third-order valence-corrected chi connectivity index (χ3v) is 4.29. The Kier molecular flexibility index (Phi) is 4.80. The van der Waals surface area contributed by atoms with Crippen LogP contribution >= 0.6 is 31.9 Å². The van der Waals surface area contributed by atoms with Crippen molar-refractivity contribution in [2.75, 3.05) is 14.2 Å². The third kappa shape index (κ3) is 2.40. The first kappa shape index (κ1) is 13.5. The van der Waals surface area contributed by atoms with Gasteiger partial charge in [-0.1, -0.05) is 6.92 Å². The summed E-state index contributed by atoms with van der Waals surface area (Å²) < 4.78 is 11.8. The van der Waals surface area contributed by atoms with Gasteiger partial charge in [0.1, 0.15) is 0 Å². The summed E-state index contributed by atoms with van der Waals surface area (Å²) in [6, 6.07) is 1.68. The smallest absolute Gasteiger partial charge is 0.176 e. The van der Waals surface area contributed by atoms with Crippen LogP contribution in [0, 0.1) is 0 Å². The number of ether oxygens (including phenoxy) is 2. The molecule has 0 unspecified atom stereocenters. The van der Waals surface area contributed by atoms with Crippen LogP contribution in [0.3, 0.4) is 0 Å². The molecule has 0 heterocycles. The fourth-order valence-electron chi connectivity index (χ4n) is 1.32. The SMILES string of the molecule is CCC(=O)c1cc(OC)c(OC)c(Br)c1Br. The molecule has 5 heteroatoms. The van der Waals surface area contributed by atoms with E-state index in [-0.39, 0.29) is 5.78 Å². The van der Waals surface area contributed by atoms with E-state index in [1.165, 1.54) is 0 Å². The lowest BCUT2D eigenvalue weighted by molar-refractivity contribution is 0.0987. The Morgan fingerprint density at radius 1 is 1.25 bits per heavy atom. The first-order chi connectivity index (χ1) is 7.56. The van der Waals surface area contributed by atoms with E-state index in [0.29, 0.717) is 32.4 Å². The van der Waals surface area contributed by atoms with Crippen LogP contribution in [-0.4, -0.2) is 20.0 Å². The molecule has 0 saturated carbocycles. The normalized spacial score (nSPS) is 10.1. The zero-order valence-electron chi connectivity index (χ0n) is 9.27. The number of methoxy groups -OCH3 is 2. The second-order valence-electron chi connectivity index (χ2n) is 3.06. The average molecular weight is 352 g/mol. The molecule has 0 radical (unpaired) electrons. The van der Waals surface area contributed by atoms with E-state index in [4.69, 9.17) is 9.47 Å². The maximum atomic E-state index is 11.7. The van der Waals surface area contributed by atoms with Crippen molar-refractivity contribution in [1.29, 1.82) is 0 Å². The molecule has 0 amide bonds. The van der Waals surface area contributed by atoms with Crippen LogP contribution in [0.15, 0.2) is 15.0 Å². The Labute approximate surface area is 111 Å². The van der Waals surface area contributed by atoms with E-state index in [1.54, 1.807) is 20.3 Å². The van der Waals surface area contributed by atoms with E-state index in [0.717, 1.165) is 0 Å². The zero-order chi connectivity index (χ0) is 12.3. The number of hydrogen-bond acceptors (Lipinski definition) is 3. The molecule has 0 aliphatic heterocycles. The van der Waals surface area contributed by atoms with Crippen molar-refractivity contribution in [3.63, 3.8) is 0 Å². The van der Waals surface area contributed by atoms with Crippen molar-refractivity contribution in [3.8, 4) is 11.5 Å². The minimum absolute atomic E-state index is 0.0496. The number of carbonyl (C=O) groups is 1. The lowest BCUT2D eigenvalue weighted by atomic mass is 10.1. The highest BCUT2D eigenvalue weighted by molar-refractivity contribution is 9.13. The predicted octanol–water partition coefficient (Wildman–Crippen LogP) is 3.82. The van der Waals surface area contributed by atoms with Gasteiger partial charge in [-0.2, -0.15) is 0 Å². The van der Waals surface area contributed by atoms with Crippen LogP contribution in [0.4, 0.5) is 0 Å². The molecule has 0 saturated heterocycles. The Morgan fingerprint density at radius 3 is 2.31 bits per heavy atom. The highest BCUT2D eigenvalue weighted by atomic mass is 79.9. The lowest BCUT2D eigenvalue weighted by Gasteiger charge is -2.13. The average Bonchev–Trinajstić information content (AvgIpc) is 2.31. The van der Waals surface area contributed by atoms with Gasteiger partial charge < -0.3 is 9.47 Å². The molecule has 0 aliphatic rings. The summed E-state index contributed by atoms with van der Waals surface area (Å²) in [7, 11) is 3.09. The number of ketones is 1. The van der Waals surface area contributed by atoms with Gasteiger partial charge >= 0.3 is 0 Å². The molecule has 0 spiro atoms. The van der Waals surface area contributed by atoms with Crippen molar-refractivity contribution in [3.05, 3.63) is 20.6 Å². The van der Waals surface area contributed by atoms with Gasteiger partial charge in [0.15, 0.2) is 17.3 Å². The minimum Gasteiger partial charge on any atom is -0.493 e. The van der Waals surface area contributed by atoms with Gasteiger partial charge in [-0.25, -0.2) is 0 Å². The number of hydrogen-bond donors (Lipinski definition) is 0. The van der Waals surface area contributed by atoms with Crippen molar-refractivity contribution >= 4 is 37.6 Å². The van der Waals surface area contributed by atoms with Gasteiger partial charge in [0.25, 0.3) is 0 Å². The van der Waals surface area contributed by atoms with Crippen LogP contribution in [0.2, 0.25) is 0 Å². The first-order valence-electron chi connectivity index (χ1n) is 4.69. The van der Waals surface area contributed by atoms with Crippen molar-refractivity contribution in [2.45, 2.75) is 13.3 Å². The van der Waals surface area contributed by atoms with Gasteiger partial charge in [0.2, 0.25) is 0 Å². The Balaban J connectivity index is 3.44. The number of rotatable bonds is 4. The van der Waals surface area contributed by atoms with Gasteiger partial charge in [-0.3, -0.25) is 4.79 Å². The fourth-order valence-corrected chi connectivity index (χ4v) is 2.41. The molecule has 0 atom stereocenters. The van der Waals surface area contributed by atoms with Crippen molar-refractivity contribution in [2.24, 2.45) is 0 Å². The molecule has 16 heavy (non-hydrogen) atoms. The lowest BCUT2D eigenvalue weighted by Crippen LogP contribution is -2.01. The third-order valence-electron chi connectivity index (χ3n) is 2.17. The Morgan fingerprint density at radius 2 is 1.88 bits per heavy atom. The topological polar surface area (TPSA) is 35.5 Å². The molecule has 0 bridgehead atoms. The van der Waals surface area contributed by atoms with Gasteiger partial charge in [0, 0.05) is 16.5 Å². The van der Waals surface area contributed by atoms with Gasteiger partial charge in [0.05, 0.1) is 18.7 Å². The predicted molar refractivity (Wildman–Crippen MR) is 69.6 cm³/mol. The highest BCUT2D eigenvalue weighted by Gasteiger charge is 2.19. The molecule has 0 fully saturated rings. The summed E-state index contributed by atoms with van der Waals surface area (Å²) in [5, 5.41) is 0. The van der Waals surface area contributed by atoms with Crippen LogP contribution < -0.4 is 9.47 Å². The summed E-state index contributed by atoms with van der Waals surface area (Å²) in [6.45, 7) is 1.82. The molecule has 3 nitrogen and oxygen atoms in total. The Bertz CT molecular complexity index is 416. The molecule has 0 aliphatic carbocycles. The zero-order valence-corrected chi connectivity index (χ0v) is 12.4. The summed E-state index contributed by atoms with van der Waals surface area (Å²) in [5.41, 5.74) is 0.590. The number of Topliss-reactive ketones (excluding diaryl/α,β-unsaturated/α-hetero) is 1. The molecule has 1 rings (SSSR count). The van der Waals surface area contributed by atoms with Crippen LogP contribution in [0.5, 0.6) is 11.5 Å². The molecule has 88 valence electrons. The van der Waals surface area contributed by atoms with Gasteiger partial charge in [-0.05, 0) is 37.9 Å². The molecule has 0 aromatic heterocycles. The molecular weight excluding hydrogens is 340 g/mol. The minimum atomic E-state index is 0.0496. The Hall–Kier alpha value is -0.550. The van der Waals surface area contributed by atoms with E-state index in [9.17, 15) is 4.79 Å². The summed E-state index contributed by atoms with van der Waals surface area (Å²) in [6.07, 6.45) is 0.445. The summed E-state index contributed by atoms with van der Waals surface area (Å²) in [4.78, 5) is 11.7. The van der Waals surface area contributed by atoms with Crippen LogP contribution in [-0.2, 0) is 0 Å². The van der Waals surface area contributed by atoms with Crippen LogP contribution in [0.25, 0.3) is 0 Å². The van der Waals surface area contributed by atoms with Gasteiger partial charge in [-0.15, -0.1) is 0 Å². The maximum Gasteiger partial charge on any atom is 0.176 e.